The lowest BCUT2D eigenvalue weighted by atomic mass is 9.70. The van der Waals surface area contributed by atoms with Crippen molar-refractivity contribution in [3.8, 4) is 22.3 Å². The number of benzene rings is 7. The zero-order valence-electron chi connectivity index (χ0n) is 32.5. The monoisotopic (exact) mass is 700 g/mol. The molecule has 2 aliphatic carbocycles. The molecule has 0 unspecified atom stereocenters. The predicted molar refractivity (Wildman–Crippen MR) is 230 cm³/mol. The van der Waals surface area contributed by atoms with E-state index in [1.54, 1.807) is 0 Å². The maximum Gasteiger partial charge on any atom is 0.0465 e. The van der Waals surface area contributed by atoms with Crippen LogP contribution in [0.5, 0.6) is 0 Å². The fourth-order valence-corrected chi connectivity index (χ4v) is 9.38. The first-order valence-corrected chi connectivity index (χ1v) is 19.3. The average Bonchev–Trinajstić information content (AvgIpc) is 3.54. The van der Waals surface area contributed by atoms with Gasteiger partial charge in [-0.05, 0) is 134 Å². The largest absolute Gasteiger partial charge is 0.310 e. The Balaban J connectivity index is 1.23. The van der Waals surface area contributed by atoms with E-state index < -0.39 is 0 Å². The van der Waals surface area contributed by atoms with Gasteiger partial charge in [0.1, 0.15) is 0 Å². The van der Waals surface area contributed by atoms with Gasteiger partial charge >= 0.3 is 0 Å². The molecule has 7 aromatic carbocycles. The zero-order valence-corrected chi connectivity index (χ0v) is 32.5. The van der Waals surface area contributed by atoms with Crippen LogP contribution in [-0.4, -0.2) is 0 Å². The van der Waals surface area contributed by atoms with E-state index in [0.29, 0.717) is 0 Å². The zero-order chi connectivity index (χ0) is 37.4. The number of fused-ring (bicyclic) bond motifs is 6. The van der Waals surface area contributed by atoms with E-state index in [1.807, 2.05) is 0 Å². The van der Waals surface area contributed by atoms with Crippen LogP contribution in [0.1, 0.15) is 76.3 Å². The Bertz CT molecular complexity index is 2430. The van der Waals surface area contributed by atoms with Gasteiger partial charge in [-0.3, -0.25) is 0 Å². The summed E-state index contributed by atoms with van der Waals surface area (Å²) in [5.41, 5.74) is 19.1. The molecule has 0 aromatic heterocycles. The fourth-order valence-electron chi connectivity index (χ4n) is 9.38. The number of para-hydroxylation sites is 4. The Morgan fingerprint density at radius 2 is 0.759 bits per heavy atom. The first-order chi connectivity index (χ1) is 26.0. The molecule has 0 aliphatic heterocycles. The highest BCUT2D eigenvalue weighted by Crippen LogP contribution is 2.61. The average molecular weight is 701 g/mol. The van der Waals surface area contributed by atoms with Crippen molar-refractivity contribution in [2.24, 2.45) is 0 Å². The van der Waals surface area contributed by atoms with Crippen molar-refractivity contribution in [1.82, 2.24) is 0 Å². The molecule has 0 radical (unpaired) electrons. The molecule has 0 N–H and O–H groups in total. The van der Waals surface area contributed by atoms with Crippen molar-refractivity contribution in [2.45, 2.75) is 64.7 Å². The third kappa shape index (κ3) is 5.22. The van der Waals surface area contributed by atoms with Gasteiger partial charge in [-0.25, -0.2) is 0 Å². The van der Waals surface area contributed by atoms with Crippen molar-refractivity contribution >= 4 is 34.1 Å². The van der Waals surface area contributed by atoms with E-state index in [0.717, 1.165) is 22.7 Å². The van der Waals surface area contributed by atoms with Gasteiger partial charge in [-0.1, -0.05) is 133 Å². The number of hydrogen-bond donors (Lipinski definition) is 0. The molecule has 0 heterocycles. The second-order valence-corrected chi connectivity index (χ2v) is 17.1. The minimum Gasteiger partial charge on any atom is -0.310 e. The summed E-state index contributed by atoms with van der Waals surface area (Å²) < 4.78 is 0. The number of hydrogen-bond acceptors (Lipinski definition) is 2. The Labute approximate surface area is 321 Å². The molecule has 2 aliphatic rings. The van der Waals surface area contributed by atoms with E-state index in [-0.39, 0.29) is 16.2 Å². The van der Waals surface area contributed by atoms with Gasteiger partial charge < -0.3 is 9.80 Å². The molecule has 0 amide bonds. The SMILES string of the molecule is CC(C)(C)c1c2c(cc3c1C(C)(C)c1cc(N(c4ccccc4)c4ccccc4)ccc1-3)C(C)(C)c1cc(N(c3ccccc3)c3ccccc3)ccc1-2. The van der Waals surface area contributed by atoms with Crippen molar-refractivity contribution in [1.29, 1.82) is 0 Å². The van der Waals surface area contributed by atoms with Crippen molar-refractivity contribution < 1.29 is 0 Å². The highest BCUT2D eigenvalue weighted by molar-refractivity contribution is 5.95. The number of nitrogens with zero attached hydrogens (tertiary/aromatic N) is 2. The molecular weight excluding hydrogens is 653 g/mol. The summed E-state index contributed by atoms with van der Waals surface area (Å²) in [4.78, 5) is 4.77. The highest BCUT2D eigenvalue weighted by Gasteiger charge is 2.47. The highest BCUT2D eigenvalue weighted by atomic mass is 15.1. The Kier molecular flexibility index (Phi) is 7.76. The van der Waals surface area contributed by atoms with E-state index in [1.165, 1.54) is 61.4 Å². The van der Waals surface area contributed by atoms with Crippen LogP contribution in [0, 0.1) is 0 Å². The summed E-state index contributed by atoms with van der Waals surface area (Å²) in [6, 6.07) is 59.9. The van der Waals surface area contributed by atoms with Crippen LogP contribution in [0.3, 0.4) is 0 Å². The fraction of sp³-hybridized carbons (Fsp3) is 0.192. The molecule has 0 saturated heterocycles. The maximum absolute atomic E-state index is 2.56. The molecule has 2 heteroatoms. The van der Waals surface area contributed by atoms with Crippen molar-refractivity contribution in [3.63, 3.8) is 0 Å². The van der Waals surface area contributed by atoms with Crippen LogP contribution in [0.15, 0.2) is 164 Å². The number of rotatable bonds is 6. The van der Waals surface area contributed by atoms with Gasteiger partial charge in [-0.2, -0.15) is 0 Å². The molecule has 0 fully saturated rings. The second-order valence-electron chi connectivity index (χ2n) is 17.1. The first kappa shape index (κ1) is 33.9. The molecular formula is C52H48N2. The molecule has 0 saturated carbocycles. The molecule has 266 valence electrons. The van der Waals surface area contributed by atoms with Crippen LogP contribution < -0.4 is 9.80 Å². The van der Waals surface area contributed by atoms with E-state index in [2.05, 4.69) is 222 Å². The van der Waals surface area contributed by atoms with Crippen LogP contribution in [-0.2, 0) is 16.2 Å². The van der Waals surface area contributed by atoms with Crippen LogP contribution in [0.25, 0.3) is 22.3 Å². The van der Waals surface area contributed by atoms with Crippen molar-refractivity contribution in [3.05, 3.63) is 192 Å². The smallest absolute Gasteiger partial charge is 0.0465 e. The van der Waals surface area contributed by atoms with Crippen LogP contribution >= 0.6 is 0 Å². The molecule has 0 bridgehead atoms. The van der Waals surface area contributed by atoms with Crippen LogP contribution in [0.4, 0.5) is 34.1 Å². The molecule has 0 spiro atoms. The van der Waals surface area contributed by atoms with Gasteiger partial charge in [0.15, 0.2) is 0 Å². The molecule has 0 atom stereocenters. The molecule has 2 nitrogen and oxygen atoms in total. The van der Waals surface area contributed by atoms with Gasteiger partial charge in [0, 0.05) is 45.0 Å². The second kappa shape index (κ2) is 12.4. The summed E-state index contributed by atoms with van der Waals surface area (Å²) in [5.74, 6) is 0. The maximum atomic E-state index is 2.56. The topological polar surface area (TPSA) is 6.48 Å². The Morgan fingerprint density at radius 1 is 0.370 bits per heavy atom. The molecule has 54 heavy (non-hydrogen) atoms. The Morgan fingerprint density at radius 3 is 1.17 bits per heavy atom. The summed E-state index contributed by atoms with van der Waals surface area (Å²) in [6.45, 7) is 17.0. The van der Waals surface area contributed by atoms with Gasteiger partial charge in [0.05, 0.1) is 0 Å². The quantitative estimate of drug-likeness (QED) is 0.170. The first-order valence-electron chi connectivity index (χ1n) is 19.3. The summed E-state index contributed by atoms with van der Waals surface area (Å²) >= 11 is 0. The van der Waals surface area contributed by atoms with Gasteiger partial charge in [0.2, 0.25) is 0 Å². The Hall–Kier alpha value is -5.86. The third-order valence-corrected chi connectivity index (χ3v) is 11.9. The lowest BCUT2D eigenvalue weighted by Crippen LogP contribution is -2.25. The predicted octanol–water partition coefficient (Wildman–Crippen LogP) is 14.5. The normalized spacial score (nSPS) is 14.5. The molecule has 7 aromatic rings. The van der Waals surface area contributed by atoms with E-state index in [9.17, 15) is 0 Å². The van der Waals surface area contributed by atoms with E-state index in [4.69, 9.17) is 0 Å². The van der Waals surface area contributed by atoms with Crippen molar-refractivity contribution in [2.75, 3.05) is 9.80 Å². The number of anilines is 6. The van der Waals surface area contributed by atoms with Crippen LogP contribution in [0.2, 0.25) is 0 Å². The summed E-state index contributed by atoms with van der Waals surface area (Å²) in [6.07, 6.45) is 0. The summed E-state index contributed by atoms with van der Waals surface area (Å²) in [7, 11) is 0. The van der Waals surface area contributed by atoms with E-state index >= 15 is 0 Å². The van der Waals surface area contributed by atoms with Gasteiger partial charge in [0.25, 0.3) is 0 Å². The summed E-state index contributed by atoms with van der Waals surface area (Å²) in [5, 5.41) is 0. The molecule has 9 rings (SSSR count). The third-order valence-electron chi connectivity index (χ3n) is 11.9. The minimum absolute atomic E-state index is 0.0891. The lowest BCUT2D eigenvalue weighted by Gasteiger charge is -2.34. The van der Waals surface area contributed by atoms with Gasteiger partial charge in [-0.15, -0.1) is 0 Å². The standard InChI is InChI=1S/C52H48N2/c1-50(2,3)49-47-42-31-29-40(54(37-24-16-10-17-25-37)38-26-18-11-19-27-38)33-45(42)51(4,5)46(47)34-43-41-30-28-39(32-44(41)52(6,7)48(43)49)53(35-20-12-8-13-21-35)36-22-14-9-15-23-36/h8-34H,1-7H3. The lowest BCUT2D eigenvalue weighted by molar-refractivity contribution is 0.556. The minimum atomic E-state index is -0.207.